The van der Waals surface area contributed by atoms with Crippen LogP contribution in [-0.2, 0) is 86.6 Å². The third-order valence-electron chi connectivity index (χ3n) is 19.1. The number of esters is 1. The number of para-hydroxylation sites is 2. The number of rotatable bonds is 28. The standard InChI is InChI=1S/C41H50N4O6.C25H29N3O5.C11H11N.C6H12O.C2H3F3O.H3N/c1-27(50-4)21-22-31(40(48)43-36-20-12-16-30-15-8-9-17-33(30)36)24-38(46)37(23-32-25-42-35-19-11-10-18-34(32)35)44-39(47)28(2)45(3)41(49)51-26-29-13-6-5-7-14-29;1-4-32-24(30)22(14-19-15-26-21-13-9-8-12-20(19)21)27-23(29)17(2)28(3)25(31)33-16-18-10-6-5-7-11-18;1-12-11-8-4-6-9-5-2-3-7-10(9)11;1-6(2)4-3-5-7;3-2(4,5)1-6;/h5-11,13-15,17-19,25,27-28,31,36-37,42H,12,16,20-24,26H2,1-4H3,(H,43,48)(H,44,47);5-13,15,17,22,26H,4,14,16H2,1-3H3,(H,27,29);2-3,5,7,11H,4,6,8H2;5-6H,3-4H2,1-2H3;6H,1H2;1H3/t27?,28-,31?,36?,37-;17-,22-;11-;;;/m001.../s1. The number of aliphatic hydroxyl groups is 1. The Morgan fingerprint density at radius 2 is 1.07 bits per heavy atom. The molecule has 0 saturated carbocycles. The van der Waals surface area contributed by atoms with Crippen molar-refractivity contribution in [2.45, 2.75) is 187 Å². The number of hydrogen-bond donors (Lipinski definition) is 7. The number of ether oxygens (including phenoxy) is 4. The zero-order valence-corrected chi connectivity index (χ0v) is 64.5. The van der Waals surface area contributed by atoms with Crippen LogP contribution in [0.15, 0.2) is 170 Å². The second kappa shape index (κ2) is 46.6. The molecule has 0 aliphatic heterocycles. The van der Waals surface area contributed by atoms with E-state index in [0.717, 1.165) is 101 Å². The first-order valence-electron chi connectivity index (χ1n) is 37.0. The molecule has 8 aromatic rings. The van der Waals surface area contributed by atoms with Gasteiger partial charge in [-0.15, -0.1) is 0 Å². The fourth-order valence-electron chi connectivity index (χ4n) is 12.3. The van der Waals surface area contributed by atoms with E-state index in [0.29, 0.717) is 18.8 Å². The molecule has 25 heteroatoms. The molecule has 6 aromatic carbocycles. The Bertz CT molecular complexity index is 4220. The summed E-state index contributed by atoms with van der Waals surface area (Å²) in [5, 5.41) is 18.1. The number of H-pyrrole nitrogens is 2. The number of Topliss-reactive ketones (excluding diaryl/α,β-unsaturated/α-hetero) is 1. The van der Waals surface area contributed by atoms with E-state index in [9.17, 15) is 51.5 Å². The van der Waals surface area contributed by atoms with E-state index in [4.69, 9.17) is 30.6 Å². The van der Waals surface area contributed by atoms with E-state index in [-0.39, 0.29) is 75.1 Å². The predicted molar refractivity (Wildman–Crippen MR) is 418 cm³/mol. The zero-order chi connectivity index (χ0) is 79.4. The number of nitrogens with one attached hydrogen (secondary N) is 5. The average Bonchev–Trinajstić information content (AvgIpc) is 1.65. The van der Waals surface area contributed by atoms with Crippen LogP contribution in [0.1, 0.15) is 156 Å². The molecule has 8 atom stereocenters. The molecular weight excluding hydrogens is 1410 g/mol. The van der Waals surface area contributed by atoms with E-state index in [1.807, 2.05) is 147 Å². The number of benzene rings is 6. The predicted octanol–water partition coefficient (Wildman–Crippen LogP) is 15.2. The lowest BCUT2D eigenvalue weighted by Gasteiger charge is -2.29. The molecule has 22 nitrogen and oxygen atoms in total. The minimum Gasteiger partial charge on any atom is -0.464 e. The fourth-order valence-corrected chi connectivity index (χ4v) is 12.3. The number of amides is 5. The van der Waals surface area contributed by atoms with Crippen LogP contribution in [0.3, 0.4) is 0 Å². The summed E-state index contributed by atoms with van der Waals surface area (Å²) in [4.78, 5) is 115. The maximum absolute atomic E-state index is 14.3. The summed E-state index contributed by atoms with van der Waals surface area (Å²) in [6.07, 6.45) is 8.18. The number of aromatic nitrogens is 2. The Kier molecular flexibility index (Phi) is 38.1. The molecule has 5 amide bonds. The van der Waals surface area contributed by atoms with E-state index >= 15 is 0 Å². The summed E-state index contributed by atoms with van der Waals surface area (Å²) in [5.74, 6) is -1.90. The number of aldehydes is 1. The molecule has 110 heavy (non-hydrogen) atoms. The summed E-state index contributed by atoms with van der Waals surface area (Å²) >= 11 is 0. The van der Waals surface area contributed by atoms with Crippen molar-refractivity contribution in [3.63, 3.8) is 0 Å². The van der Waals surface area contributed by atoms with Gasteiger partial charge in [-0.2, -0.15) is 13.2 Å². The molecule has 2 aliphatic rings. The molecule has 592 valence electrons. The minimum atomic E-state index is -4.40. The van der Waals surface area contributed by atoms with Crippen molar-refractivity contribution >= 4 is 69.8 Å². The second-order valence-electron chi connectivity index (χ2n) is 27.4. The number of aliphatic hydroxyl groups excluding tert-OH is 1. The van der Waals surface area contributed by atoms with Gasteiger partial charge in [0.2, 0.25) is 23.8 Å². The number of alkyl halides is 3. The molecule has 2 heterocycles. The molecule has 0 fully saturated rings. The van der Waals surface area contributed by atoms with Crippen molar-refractivity contribution in [3.8, 4) is 0 Å². The van der Waals surface area contributed by atoms with Gasteiger partial charge in [-0.25, -0.2) is 21.0 Å². The zero-order valence-electron chi connectivity index (χ0n) is 64.5. The van der Waals surface area contributed by atoms with E-state index in [2.05, 4.69) is 74.9 Å². The third-order valence-corrected chi connectivity index (χ3v) is 19.1. The van der Waals surface area contributed by atoms with Gasteiger partial charge >= 0.3 is 24.3 Å². The summed E-state index contributed by atoms with van der Waals surface area (Å²) in [6.45, 7) is 16.7. The third kappa shape index (κ3) is 29.0. The van der Waals surface area contributed by atoms with Gasteiger partial charge in [-0.3, -0.25) is 29.0 Å². The van der Waals surface area contributed by atoms with Gasteiger partial charge in [0.25, 0.3) is 0 Å². The lowest BCUT2D eigenvalue weighted by atomic mass is 9.86. The topological polar surface area (TPSA) is 307 Å². The van der Waals surface area contributed by atoms with Crippen LogP contribution in [-0.4, -0.2) is 144 Å². The highest BCUT2D eigenvalue weighted by atomic mass is 19.4. The summed E-state index contributed by atoms with van der Waals surface area (Å²) < 4.78 is 53.0. The van der Waals surface area contributed by atoms with Crippen molar-refractivity contribution < 1.29 is 75.6 Å². The molecular formula is C85H108F3N9O13. The monoisotopic (exact) mass is 1520 g/mol. The van der Waals surface area contributed by atoms with E-state index in [1.165, 1.54) is 47.0 Å². The van der Waals surface area contributed by atoms with Crippen LogP contribution in [0.4, 0.5) is 22.8 Å². The quantitative estimate of drug-likeness (QED) is 0.0104. The van der Waals surface area contributed by atoms with Crippen molar-refractivity contribution in [3.05, 3.63) is 226 Å². The van der Waals surface area contributed by atoms with Gasteiger partial charge in [0.1, 0.15) is 44.2 Å². The molecule has 9 N–H and O–H groups in total. The number of hydrogen-bond acceptors (Lipinski definition) is 14. The fraction of sp³-hybridized carbons (Fsp3) is 0.424. The SMILES string of the molecule is CC(C)CCC=O.CCOC(=O)[C@H](Cc1c[nH]c2ccccc12)NC(=O)[C@H](C)N(C)C(=O)OCc1ccccc1.COC(C)CCC(CC(=O)[C@H](Cc1c[nH]c2ccccc12)NC(=O)[C@H](C)N(C)C(=O)OCc1ccccc1)C(=O)NC1CCCc2ccccc21.N.OCC(F)(F)F.[C-]#[N+][C@@H]1CCCc2ccccc21. The molecule has 2 aliphatic carbocycles. The molecule has 2 aromatic heterocycles. The Morgan fingerprint density at radius 1 is 0.618 bits per heavy atom. The van der Waals surface area contributed by atoms with Gasteiger partial charge in [0.15, 0.2) is 5.78 Å². The molecule has 3 unspecified atom stereocenters. The average molecular weight is 1520 g/mol. The Hall–Kier alpha value is -10.7. The van der Waals surface area contributed by atoms with Gasteiger partial charge in [0.05, 0.1) is 24.8 Å². The number of nitrogens with zero attached hydrogens (tertiary/aromatic N) is 3. The van der Waals surface area contributed by atoms with Gasteiger partial charge < -0.3 is 65.8 Å². The van der Waals surface area contributed by atoms with Gasteiger partial charge in [-0.05, 0) is 136 Å². The maximum Gasteiger partial charge on any atom is 0.411 e. The van der Waals surface area contributed by atoms with Crippen LogP contribution >= 0.6 is 0 Å². The van der Waals surface area contributed by atoms with Crippen LogP contribution in [0, 0.1) is 18.4 Å². The normalized spacial score (nSPS) is 14.9. The number of fused-ring (bicyclic) bond motifs is 4. The highest BCUT2D eigenvalue weighted by Crippen LogP contribution is 2.33. The van der Waals surface area contributed by atoms with Crippen molar-refractivity contribution in [1.29, 1.82) is 0 Å². The van der Waals surface area contributed by atoms with Crippen LogP contribution in [0.2, 0.25) is 0 Å². The first-order chi connectivity index (χ1) is 52.3. The van der Waals surface area contributed by atoms with Gasteiger partial charge in [-0.1, -0.05) is 159 Å². The highest BCUT2D eigenvalue weighted by Gasteiger charge is 2.35. The van der Waals surface area contributed by atoms with Crippen LogP contribution < -0.4 is 22.1 Å². The minimum absolute atomic E-state index is 0. The lowest BCUT2D eigenvalue weighted by Crippen LogP contribution is -2.52. The summed E-state index contributed by atoms with van der Waals surface area (Å²) in [7, 11) is 4.61. The van der Waals surface area contributed by atoms with Crippen LogP contribution in [0.25, 0.3) is 26.7 Å². The molecule has 0 radical (unpaired) electrons. The number of likely N-dealkylation sites (N-methyl/N-ethyl adjacent to an activating group) is 2. The van der Waals surface area contributed by atoms with E-state index < -0.39 is 72.8 Å². The number of ketones is 1. The number of carbonyl (C=O) groups is 8. The molecule has 10 rings (SSSR count). The Morgan fingerprint density at radius 3 is 1.55 bits per heavy atom. The number of methoxy groups -OCH3 is 1. The van der Waals surface area contributed by atoms with Crippen molar-refractivity contribution in [2.24, 2.45) is 11.8 Å². The lowest BCUT2D eigenvalue weighted by molar-refractivity contribution is -0.159. The summed E-state index contributed by atoms with van der Waals surface area (Å²) in [6, 6.07) is 46.9. The first kappa shape index (κ1) is 89.9. The highest BCUT2D eigenvalue weighted by molar-refractivity contribution is 5.95. The van der Waals surface area contributed by atoms with Crippen molar-refractivity contribution in [2.75, 3.05) is 34.4 Å². The number of carbonyl (C=O) groups excluding carboxylic acids is 8. The second-order valence-corrected chi connectivity index (χ2v) is 27.4. The van der Waals surface area contributed by atoms with Crippen LogP contribution in [0.5, 0.6) is 0 Å². The summed E-state index contributed by atoms with van der Waals surface area (Å²) in [5.41, 5.74) is 10.3. The Labute approximate surface area is 643 Å². The number of aromatic amines is 2. The van der Waals surface area contributed by atoms with E-state index in [1.54, 1.807) is 27.9 Å². The number of aryl methyl sites for hydroxylation is 2. The Balaban J connectivity index is 0.000000309. The number of halogens is 3. The first-order valence-corrected chi connectivity index (χ1v) is 37.0. The smallest absolute Gasteiger partial charge is 0.411 e. The molecule has 0 saturated heterocycles. The molecule has 0 spiro atoms. The largest absolute Gasteiger partial charge is 0.464 e. The van der Waals surface area contributed by atoms with Crippen molar-refractivity contribution in [1.82, 2.24) is 41.9 Å². The maximum atomic E-state index is 14.3. The van der Waals surface area contributed by atoms with Gasteiger partial charge in [0, 0.05) is 99.0 Å². The molecule has 0 bridgehead atoms.